The summed E-state index contributed by atoms with van der Waals surface area (Å²) < 4.78 is 33.6. The van der Waals surface area contributed by atoms with E-state index in [1.54, 1.807) is 43.5 Å². The number of carbonyl (C=O) groups excluding carboxylic acids is 2. The zero-order valence-electron chi connectivity index (χ0n) is 17.3. The Balaban J connectivity index is 1.63. The number of rotatable bonds is 8. The fourth-order valence-electron chi connectivity index (χ4n) is 2.70. The van der Waals surface area contributed by atoms with Crippen molar-refractivity contribution in [1.82, 2.24) is 14.5 Å². The first-order chi connectivity index (χ1) is 15.2. The lowest BCUT2D eigenvalue weighted by Gasteiger charge is -2.15. The van der Waals surface area contributed by atoms with E-state index in [0.717, 1.165) is 0 Å². The highest BCUT2D eigenvalue weighted by atomic mass is 35.5. The highest BCUT2D eigenvalue weighted by Gasteiger charge is 2.22. The Labute approximate surface area is 190 Å². The third-order valence-electron chi connectivity index (χ3n) is 4.32. The number of esters is 1. The number of ether oxygens (including phenoxy) is 1. The Morgan fingerprint density at radius 2 is 1.75 bits per heavy atom. The Morgan fingerprint density at radius 3 is 2.38 bits per heavy atom. The molecule has 9 nitrogen and oxygen atoms in total. The van der Waals surface area contributed by atoms with Crippen LogP contribution in [0.3, 0.4) is 0 Å². The van der Waals surface area contributed by atoms with E-state index in [2.05, 4.69) is 15.1 Å². The molecule has 2 N–H and O–H groups in total. The van der Waals surface area contributed by atoms with E-state index in [1.807, 2.05) is 0 Å². The largest absolute Gasteiger partial charge is 0.461 e. The van der Waals surface area contributed by atoms with Gasteiger partial charge in [0.05, 0.1) is 23.2 Å². The van der Waals surface area contributed by atoms with Crippen LogP contribution in [0.4, 0.5) is 5.69 Å². The van der Waals surface area contributed by atoms with Crippen LogP contribution < -0.4 is 10.0 Å². The van der Waals surface area contributed by atoms with Crippen molar-refractivity contribution in [3.8, 4) is 5.69 Å². The van der Waals surface area contributed by atoms with Crippen LogP contribution in [0.1, 0.15) is 24.3 Å². The number of hydrogen-bond acceptors (Lipinski definition) is 6. The third-order valence-corrected chi connectivity index (χ3v) is 6.13. The molecule has 1 heterocycles. The minimum Gasteiger partial charge on any atom is -0.461 e. The van der Waals surface area contributed by atoms with Gasteiger partial charge in [0.1, 0.15) is 0 Å². The predicted molar refractivity (Wildman–Crippen MR) is 119 cm³/mol. The zero-order valence-corrected chi connectivity index (χ0v) is 18.9. The second-order valence-corrected chi connectivity index (χ2v) is 8.85. The number of sulfonamides is 1. The molecule has 11 heteroatoms. The predicted octanol–water partition coefficient (Wildman–Crippen LogP) is 3.01. The van der Waals surface area contributed by atoms with E-state index in [9.17, 15) is 18.0 Å². The van der Waals surface area contributed by atoms with Crippen LogP contribution in [0.2, 0.25) is 5.02 Å². The Kier molecular flexibility index (Phi) is 7.29. The van der Waals surface area contributed by atoms with Crippen LogP contribution in [-0.4, -0.2) is 42.7 Å². The second-order valence-electron chi connectivity index (χ2n) is 6.70. The van der Waals surface area contributed by atoms with Crippen LogP contribution in [0.25, 0.3) is 5.69 Å². The van der Waals surface area contributed by atoms with Crippen molar-refractivity contribution < 1.29 is 22.7 Å². The van der Waals surface area contributed by atoms with Crippen molar-refractivity contribution in [2.45, 2.75) is 24.8 Å². The number of carbonyl (C=O) groups is 2. The van der Waals surface area contributed by atoms with Crippen molar-refractivity contribution in [3.05, 3.63) is 71.5 Å². The number of aromatic nitrogens is 2. The summed E-state index contributed by atoms with van der Waals surface area (Å²) in [5.74, 6) is -1.04. The Morgan fingerprint density at radius 1 is 1.09 bits per heavy atom. The van der Waals surface area contributed by atoms with Crippen LogP contribution in [0.5, 0.6) is 0 Å². The molecule has 168 valence electrons. The molecule has 0 aliphatic heterocycles. The van der Waals surface area contributed by atoms with Crippen LogP contribution in [-0.2, 0) is 19.6 Å². The first-order valence-electron chi connectivity index (χ1n) is 9.61. The molecule has 1 atom stereocenters. The lowest BCUT2D eigenvalue weighted by molar-refractivity contribution is -0.117. The molecule has 1 aromatic heterocycles. The molecule has 0 unspecified atom stereocenters. The summed E-state index contributed by atoms with van der Waals surface area (Å²) in [5.41, 5.74) is 1.31. The minimum absolute atomic E-state index is 0.00677. The molecule has 3 aromatic rings. The van der Waals surface area contributed by atoms with Gasteiger partial charge in [-0.1, -0.05) is 11.6 Å². The average molecular weight is 477 g/mol. The molecule has 0 radical (unpaired) electrons. The number of benzene rings is 2. The molecule has 3 rings (SSSR count). The van der Waals surface area contributed by atoms with Gasteiger partial charge in [-0.2, -0.15) is 9.82 Å². The molecule has 32 heavy (non-hydrogen) atoms. The smallest absolute Gasteiger partial charge is 0.358 e. The number of halogens is 1. The Bertz CT molecular complexity index is 1210. The third kappa shape index (κ3) is 5.72. The minimum atomic E-state index is -3.88. The summed E-state index contributed by atoms with van der Waals surface area (Å²) in [6.07, 6.45) is 1.62. The van der Waals surface area contributed by atoms with Gasteiger partial charge in [0.2, 0.25) is 15.9 Å². The summed E-state index contributed by atoms with van der Waals surface area (Å²) in [4.78, 5) is 24.2. The summed E-state index contributed by atoms with van der Waals surface area (Å²) in [7, 11) is -3.88. The zero-order chi connectivity index (χ0) is 23.3. The second kappa shape index (κ2) is 9.94. The number of anilines is 1. The van der Waals surface area contributed by atoms with Crippen molar-refractivity contribution in [3.63, 3.8) is 0 Å². The van der Waals surface area contributed by atoms with Gasteiger partial charge in [-0.15, -0.1) is 0 Å². The highest BCUT2D eigenvalue weighted by Crippen LogP contribution is 2.16. The maximum atomic E-state index is 12.4. The van der Waals surface area contributed by atoms with E-state index in [0.29, 0.717) is 16.4 Å². The van der Waals surface area contributed by atoms with Gasteiger partial charge in [-0.25, -0.2) is 17.9 Å². The van der Waals surface area contributed by atoms with Gasteiger partial charge in [0.25, 0.3) is 0 Å². The molecule has 0 bridgehead atoms. The van der Waals surface area contributed by atoms with Gasteiger partial charge < -0.3 is 10.1 Å². The van der Waals surface area contributed by atoms with Crippen molar-refractivity contribution in [2.75, 3.05) is 11.9 Å². The van der Waals surface area contributed by atoms with Gasteiger partial charge >= 0.3 is 5.97 Å². The molecule has 0 fully saturated rings. The van der Waals surface area contributed by atoms with E-state index < -0.39 is 27.9 Å². The normalized spacial score (nSPS) is 12.2. The van der Waals surface area contributed by atoms with E-state index in [4.69, 9.17) is 16.3 Å². The quantitative estimate of drug-likeness (QED) is 0.482. The monoisotopic (exact) mass is 476 g/mol. The maximum Gasteiger partial charge on any atom is 0.358 e. The van der Waals surface area contributed by atoms with Gasteiger partial charge in [0, 0.05) is 16.9 Å². The van der Waals surface area contributed by atoms with Crippen molar-refractivity contribution in [2.24, 2.45) is 0 Å². The summed E-state index contributed by atoms with van der Waals surface area (Å²) >= 11 is 5.78. The SMILES string of the molecule is CCOC(=O)c1ccn(-c2ccc(NC(=O)[C@H](C)NS(=O)(=O)c3ccc(Cl)cc3)cc2)n1. The maximum absolute atomic E-state index is 12.4. The lowest BCUT2D eigenvalue weighted by atomic mass is 10.2. The van der Waals surface area contributed by atoms with Crippen LogP contribution in [0.15, 0.2) is 65.7 Å². The van der Waals surface area contributed by atoms with Gasteiger partial charge in [-0.05, 0) is 68.4 Å². The van der Waals surface area contributed by atoms with Gasteiger partial charge in [-0.3, -0.25) is 4.79 Å². The first-order valence-corrected chi connectivity index (χ1v) is 11.5. The summed E-state index contributed by atoms with van der Waals surface area (Å²) in [5, 5.41) is 7.22. The number of nitrogens with zero attached hydrogens (tertiary/aromatic N) is 2. The summed E-state index contributed by atoms with van der Waals surface area (Å²) in [6, 6.07) is 12.8. The molecule has 1 amide bonds. The standard InChI is InChI=1S/C21H21ClN4O5S/c1-3-31-21(28)19-12-13-26(24-19)17-8-6-16(7-9-17)23-20(27)14(2)25-32(29,30)18-10-4-15(22)5-11-18/h4-14,25H,3H2,1-2H3,(H,23,27)/t14-/m0/s1. The molecular formula is C21H21ClN4O5S. The first kappa shape index (κ1) is 23.5. The number of nitrogens with one attached hydrogen (secondary N) is 2. The van der Waals surface area contributed by atoms with Crippen LogP contribution >= 0.6 is 11.6 Å². The topological polar surface area (TPSA) is 119 Å². The Hall–Kier alpha value is -3.21. The van der Waals surface area contributed by atoms with E-state index in [1.165, 1.54) is 35.9 Å². The van der Waals surface area contributed by atoms with Crippen molar-refractivity contribution in [1.29, 1.82) is 0 Å². The summed E-state index contributed by atoms with van der Waals surface area (Å²) in [6.45, 7) is 3.41. The molecule has 0 aliphatic rings. The fraction of sp³-hybridized carbons (Fsp3) is 0.190. The molecule has 0 aliphatic carbocycles. The molecule has 0 spiro atoms. The number of hydrogen-bond donors (Lipinski definition) is 2. The molecule has 0 saturated heterocycles. The number of amides is 1. The molecule has 0 saturated carbocycles. The average Bonchev–Trinajstić information content (AvgIpc) is 3.25. The van der Waals surface area contributed by atoms with Gasteiger partial charge in [0.15, 0.2) is 5.69 Å². The molecule has 2 aromatic carbocycles. The van der Waals surface area contributed by atoms with E-state index >= 15 is 0 Å². The highest BCUT2D eigenvalue weighted by molar-refractivity contribution is 7.89. The van der Waals surface area contributed by atoms with Crippen molar-refractivity contribution >= 4 is 39.2 Å². The fourth-order valence-corrected chi connectivity index (χ4v) is 4.03. The van der Waals surface area contributed by atoms with E-state index in [-0.39, 0.29) is 17.2 Å². The molecular weight excluding hydrogens is 456 g/mol. The van der Waals surface area contributed by atoms with Crippen LogP contribution in [0, 0.1) is 0 Å². The lowest BCUT2D eigenvalue weighted by Crippen LogP contribution is -2.41.